The van der Waals surface area contributed by atoms with E-state index in [4.69, 9.17) is 4.52 Å². The molecule has 0 spiro atoms. The molecule has 23 heavy (non-hydrogen) atoms. The van der Waals surface area contributed by atoms with Gasteiger partial charge in [0.25, 0.3) is 11.8 Å². The van der Waals surface area contributed by atoms with Gasteiger partial charge in [-0.15, -0.1) is 0 Å². The lowest BCUT2D eigenvalue weighted by Crippen LogP contribution is -2.32. The summed E-state index contributed by atoms with van der Waals surface area (Å²) in [6, 6.07) is 7.26. The molecule has 0 aliphatic heterocycles. The number of likely N-dealkylation sites (N-methyl/N-ethyl adjacent to an activating group) is 1. The Kier molecular flexibility index (Phi) is 5.50. The molecule has 2 aromatic rings. The van der Waals surface area contributed by atoms with E-state index in [0.29, 0.717) is 29.4 Å². The van der Waals surface area contributed by atoms with Crippen LogP contribution in [0.3, 0.4) is 0 Å². The maximum Gasteiger partial charge on any atom is 0.258 e. The molecule has 1 aromatic carbocycles. The van der Waals surface area contributed by atoms with Crippen LogP contribution in [-0.2, 0) is 5.41 Å². The van der Waals surface area contributed by atoms with E-state index >= 15 is 0 Å². The minimum absolute atomic E-state index is 0.144. The molecule has 6 heteroatoms. The summed E-state index contributed by atoms with van der Waals surface area (Å²) in [6.07, 6.45) is 0. The Bertz CT molecular complexity index is 659. The summed E-state index contributed by atoms with van der Waals surface area (Å²) in [6.45, 7) is 10.3. The van der Waals surface area contributed by atoms with E-state index in [1.165, 1.54) is 0 Å². The average molecular weight is 316 g/mol. The molecule has 0 bridgehead atoms. The van der Waals surface area contributed by atoms with Crippen LogP contribution in [0, 0.1) is 0 Å². The van der Waals surface area contributed by atoms with Gasteiger partial charge in [0.15, 0.2) is 5.82 Å². The Morgan fingerprint density at radius 1 is 1.22 bits per heavy atom. The first-order chi connectivity index (χ1) is 10.9. The van der Waals surface area contributed by atoms with Crippen molar-refractivity contribution in [3.8, 4) is 11.5 Å². The van der Waals surface area contributed by atoms with Crippen LogP contribution in [0.1, 0.15) is 43.9 Å². The maximum absolute atomic E-state index is 12.4. The number of benzene rings is 1. The first kappa shape index (κ1) is 17.1. The minimum atomic E-state index is -0.204. The molecule has 0 fully saturated rings. The molecule has 1 heterocycles. The van der Waals surface area contributed by atoms with E-state index in [1.54, 1.807) is 6.07 Å². The number of carbonyl (C=O) groups excluding carboxylic acids is 1. The summed E-state index contributed by atoms with van der Waals surface area (Å²) in [5, 5.41) is 10.1. The topological polar surface area (TPSA) is 80.0 Å². The van der Waals surface area contributed by atoms with Gasteiger partial charge in [0, 0.05) is 18.5 Å². The molecular weight excluding hydrogens is 292 g/mol. The molecule has 124 valence electrons. The van der Waals surface area contributed by atoms with Crippen LogP contribution in [0.5, 0.6) is 0 Å². The van der Waals surface area contributed by atoms with Gasteiger partial charge >= 0.3 is 0 Å². The van der Waals surface area contributed by atoms with E-state index in [2.05, 4.69) is 20.8 Å². The number of hydrogen-bond acceptors (Lipinski definition) is 5. The van der Waals surface area contributed by atoms with E-state index in [0.717, 1.165) is 13.1 Å². The summed E-state index contributed by atoms with van der Waals surface area (Å²) < 4.78 is 5.36. The summed E-state index contributed by atoms with van der Waals surface area (Å²) in [7, 11) is 0. The molecule has 0 aliphatic rings. The highest BCUT2D eigenvalue weighted by Gasteiger charge is 2.23. The van der Waals surface area contributed by atoms with Gasteiger partial charge in [-0.2, -0.15) is 4.98 Å². The summed E-state index contributed by atoms with van der Waals surface area (Å²) in [4.78, 5) is 16.8. The SMILES string of the molecule is CCNCCNC(=O)c1ccccc1-c1nc(C(C)(C)C)no1. The molecule has 2 rings (SSSR count). The Morgan fingerprint density at radius 2 is 1.96 bits per heavy atom. The van der Waals surface area contributed by atoms with E-state index in [9.17, 15) is 4.79 Å². The highest BCUT2D eigenvalue weighted by molar-refractivity contribution is 5.99. The van der Waals surface area contributed by atoms with E-state index in [1.807, 2.05) is 45.9 Å². The number of carbonyl (C=O) groups is 1. The Hall–Kier alpha value is -2.21. The fraction of sp³-hybridized carbons (Fsp3) is 0.471. The first-order valence-corrected chi connectivity index (χ1v) is 7.86. The van der Waals surface area contributed by atoms with Crippen molar-refractivity contribution in [3.63, 3.8) is 0 Å². The Balaban J connectivity index is 2.20. The van der Waals surface area contributed by atoms with Crippen LogP contribution in [0.4, 0.5) is 0 Å². The molecule has 0 saturated heterocycles. The third kappa shape index (κ3) is 4.39. The van der Waals surface area contributed by atoms with Gasteiger partial charge in [-0.05, 0) is 18.7 Å². The van der Waals surface area contributed by atoms with Crippen LogP contribution < -0.4 is 10.6 Å². The lowest BCUT2D eigenvalue weighted by atomic mass is 9.96. The molecule has 0 atom stereocenters. The van der Waals surface area contributed by atoms with Gasteiger partial charge in [-0.1, -0.05) is 45.0 Å². The summed E-state index contributed by atoms with van der Waals surface area (Å²) in [5.41, 5.74) is 0.981. The van der Waals surface area contributed by atoms with E-state index in [-0.39, 0.29) is 11.3 Å². The van der Waals surface area contributed by atoms with Crippen molar-refractivity contribution in [3.05, 3.63) is 35.7 Å². The predicted octanol–water partition coefficient (Wildman–Crippen LogP) is 2.37. The van der Waals surface area contributed by atoms with Gasteiger partial charge in [0.2, 0.25) is 0 Å². The molecule has 6 nitrogen and oxygen atoms in total. The fourth-order valence-corrected chi connectivity index (χ4v) is 2.04. The third-order valence-electron chi connectivity index (χ3n) is 3.34. The second-order valence-electron chi connectivity index (χ2n) is 6.33. The lowest BCUT2D eigenvalue weighted by Gasteiger charge is -2.11. The summed E-state index contributed by atoms with van der Waals surface area (Å²) >= 11 is 0. The molecule has 1 amide bonds. The molecule has 2 N–H and O–H groups in total. The van der Waals surface area contributed by atoms with E-state index < -0.39 is 0 Å². The van der Waals surface area contributed by atoms with Gasteiger partial charge in [-0.25, -0.2) is 0 Å². The van der Waals surface area contributed by atoms with Crippen LogP contribution in [0.15, 0.2) is 28.8 Å². The number of amides is 1. The molecular formula is C17H24N4O2. The minimum Gasteiger partial charge on any atom is -0.351 e. The van der Waals surface area contributed by atoms with Gasteiger partial charge in [0.1, 0.15) is 0 Å². The number of aromatic nitrogens is 2. The zero-order chi connectivity index (χ0) is 16.9. The maximum atomic E-state index is 12.4. The fourth-order valence-electron chi connectivity index (χ4n) is 2.04. The van der Waals surface area contributed by atoms with Crippen molar-refractivity contribution in [2.24, 2.45) is 0 Å². The van der Waals surface area contributed by atoms with Gasteiger partial charge in [-0.3, -0.25) is 4.79 Å². The van der Waals surface area contributed by atoms with Crippen LogP contribution >= 0.6 is 0 Å². The standard InChI is InChI=1S/C17H24N4O2/c1-5-18-10-11-19-14(22)12-8-6-7-9-13(12)15-20-16(21-23-15)17(2,3)4/h6-9,18H,5,10-11H2,1-4H3,(H,19,22). The number of rotatable bonds is 6. The van der Waals surface area contributed by atoms with Crippen molar-refractivity contribution in [2.75, 3.05) is 19.6 Å². The molecule has 1 aromatic heterocycles. The van der Waals surface area contributed by atoms with Crippen molar-refractivity contribution in [1.29, 1.82) is 0 Å². The second-order valence-corrected chi connectivity index (χ2v) is 6.33. The van der Waals surface area contributed by atoms with Crippen molar-refractivity contribution >= 4 is 5.91 Å². The molecule has 0 unspecified atom stereocenters. The van der Waals surface area contributed by atoms with Crippen LogP contribution in [0.25, 0.3) is 11.5 Å². The Morgan fingerprint density at radius 3 is 2.61 bits per heavy atom. The second kappa shape index (κ2) is 7.37. The van der Waals surface area contributed by atoms with Gasteiger partial charge in [0.05, 0.1) is 11.1 Å². The Labute approximate surface area is 136 Å². The molecule has 0 saturated carbocycles. The smallest absolute Gasteiger partial charge is 0.258 e. The third-order valence-corrected chi connectivity index (χ3v) is 3.34. The van der Waals surface area contributed by atoms with Crippen molar-refractivity contribution in [2.45, 2.75) is 33.1 Å². The number of nitrogens with zero attached hydrogens (tertiary/aromatic N) is 2. The molecule has 0 aliphatic carbocycles. The van der Waals surface area contributed by atoms with Crippen molar-refractivity contribution in [1.82, 2.24) is 20.8 Å². The monoisotopic (exact) mass is 316 g/mol. The highest BCUT2D eigenvalue weighted by atomic mass is 16.5. The van der Waals surface area contributed by atoms with Gasteiger partial charge < -0.3 is 15.2 Å². The predicted molar refractivity (Wildman–Crippen MR) is 89.3 cm³/mol. The zero-order valence-electron chi connectivity index (χ0n) is 14.1. The average Bonchev–Trinajstić information content (AvgIpc) is 3.01. The van der Waals surface area contributed by atoms with Crippen LogP contribution in [0.2, 0.25) is 0 Å². The number of nitrogens with one attached hydrogen (secondary N) is 2. The zero-order valence-corrected chi connectivity index (χ0v) is 14.1. The lowest BCUT2D eigenvalue weighted by molar-refractivity contribution is 0.0954. The first-order valence-electron chi connectivity index (χ1n) is 7.86. The summed E-state index contributed by atoms with van der Waals surface area (Å²) in [5.74, 6) is 0.844. The quantitative estimate of drug-likeness (QED) is 0.800. The highest BCUT2D eigenvalue weighted by Crippen LogP contribution is 2.25. The van der Waals surface area contributed by atoms with Crippen molar-refractivity contribution < 1.29 is 9.32 Å². The number of hydrogen-bond donors (Lipinski definition) is 2. The largest absolute Gasteiger partial charge is 0.351 e. The molecule has 0 radical (unpaired) electrons. The van der Waals surface area contributed by atoms with Crippen LogP contribution in [-0.4, -0.2) is 35.7 Å². The normalized spacial score (nSPS) is 11.5.